The second-order valence-electron chi connectivity index (χ2n) is 3.55. The van der Waals surface area contributed by atoms with Crippen LogP contribution in [0.5, 0.6) is 0 Å². The summed E-state index contributed by atoms with van der Waals surface area (Å²) in [6.45, 7) is 6.82. The van der Waals surface area contributed by atoms with Crippen molar-refractivity contribution in [3.8, 4) is 0 Å². The highest BCUT2D eigenvalue weighted by Crippen LogP contribution is 2.02. The van der Waals surface area contributed by atoms with Crippen molar-refractivity contribution in [1.29, 1.82) is 0 Å². The third-order valence-electron chi connectivity index (χ3n) is 2.25. The lowest BCUT2D eigenvalue weighted by Crippen LogP contribution is -2.33. The lowest BCUT2D eigenvalue weighted by molar-refractivity contribution is 0.130. The Bertz CT molecular complexity index is 164. The summed E-state index contributed by atoms with van der Waals surface area (Å²) in [6, 6.07) is 0.425. The van der Waals surface area contributed by atoms with E-state index in [-0.39, 0.29) is 0 Å². The van der Waals surface area contributed by atoms with Gasteiger partial charge in [-0.3, -0.25) is 0 Å². The highest BCUT2D eigenvalue weighted by molar-refractivity contribution is 7.80. The van der Waals surface area contributed by atoms with Gasteiger partial charge in [-0.05, 0) is 27.3 Å². The first-order valence-electron chi connectivity index (χ1n) is 5.14. The number of ether oxygens (including phenoxy) is 1. The molecule has 0 aromatic carbocycles. The topological polar surface area (TPSA) is 38.5 Å². The van der Waals surface area contributed by atoms with Crippen molar-refractivity contribution in [2.45, 2.75) is 32.7 Å². The Morgan fingerprint density at radius 1 is 1.57 bits per heavy atom. The fraction of sp³-hybridized carbons (Fsp3) is 0.900. The van der Waals surface area contributed by atoms with Gasteiger partial charge in [-0.25, -0.2) is 0 Å². The molecule has 1 unspecified atom stereocenters. The SMILES string of the molecule is CCOCCCN(C)C(C)CC(N)=S. The van der Waals surface area contributed by atoms with Crippen LogP contribution in [0, 0.1) is 0 Å². The zero-order chi connectivity index (χ0) is 11.0. The van der Waals surface area contributed by atoms with Gasteiger partial charge in [-0.15, -0.1) is 0 Å². The monoisotopic (exact) mass is 218 g/mol. The Kier molecular flexibility index (Phi) is 8.04. The zero-order valence-corrected chi connectivity index (χ0v) is 10.3. The lowest BCUT2D eigenvalue weighted by atomic mass is 10.2. The molecular weight excluding hydrogens is 196 g/mol. The van der Waals surface area contributed by atoms with Gasteiger partial charge in [-0.2, -0.15) is 0 Å². The van der Waals surface area contributed by atoms with Crippen molar-refractivity contribution in [3.63, 3.8) is 0 Å². The molecule has 0 spiro atoms. The first-order chi connectivity index (χ1) is 6.57. The van der Waals surface area contributed by atoms with Crippen molar-refractivity contribution in [1.82, 2.24) is 4.90 Å². The minimum atomic E-state index is 0.425. The third kappa shape index (κ3) is 7.24. The number of thiocarbonyl (C=S) groups is 1. The molecule has 0 aliphatic heterocycles. The molecule has 0 aromatic heterocycles. The summed E-state index contributed by atoms with van der Waals surface area (Å²) in [5, 5.41) is 0. The molecular formula is C10H22N2OS. The first kappa shape index (κ1) is 13.8. The van der Waals surface area contributed by atoms with Crippen LogP contribution in [0.15, 0.2) is 0 Å². The molecule has 0 aromatic rings. The summed E-state index contributed by atoms with van der Waals surface area (Å²) < 4.78 is 5.27. The average molecular weight is 218 g/mol. The Labute approximate surface area is 92.6 Å². The Balaban J connectivity index is 3.51. The van der Waals surface area contributed by atoms with Crippen LogP contribution in [0.2, 0.25) is 0 Å². The lowest BCUT2D eigenvalue weighted by Gasteiger charge is -2.24. The van der Waals surface area contributed by atoms with Crippen LogP contribution in [0.4, 0.5) is 0 Å². The molecule has 0 bridgehead atoms. The molecule has 0 radical (unpaired) electrons. The van der Waals surface area contributed by atoms with Crippen LogP contribution in [0.1, 0.15) is 26.7 Å². The molecule has 14 heavy (non-hydrogen) atoms. The summed E-state index contributed by atoms with van der Waals surface area (Å²) in [4.78, 5) is 2.85. The van der Waals surface area contributed by atoms with E-state index in [0.717, 1.165) is 32.6 Å². The zero-order valence-electron chi connectivity index (χ0n) is 9.45. The van der Waals surface area contributed by atoms with E-state index in [4.69, 9.17) is 22.7 Å². The summed E-state index contributed by atoms with van der Waals surface area (Å²) in [7, 11) is 2.09. The second kappa shape index (κ2) is 8.15. The van der Waals surface area contributed by atoms with Crippen LogP contribution < -0.4 is 5.73 Å². The standard InChI is InChI=1S/C10H22N2OS/c1-4-13-7-5-6-12(3)9(2)8-10(11)14/h9H,4-8H2,1-3H3,(H2,11,14). The summed E-state index contributed by atoms with van der Waals surface area (Å²) in [6.07, 6.45) is 1.85. The van der Waals surface area contributed by atoms with Crippen LogP contribution >= 0.6 is 12.2 Å². The van der Waals surface area contributed by atoms with E-state index in [1.165, 1.54) is 0 Å². The van der Waals surface area contributed by atoms with Gasteiger partial charge in [0.05, 0.1) is 4.99 Å². The van der Waals surface area contributed by atoms with Gasteiger partial charge in [-0.1, -0.05) is 12.2 Å². The largest absolute Gasteiger partial charge is 0.393 e. The van der Waals surface area contributed by atoms with E-state index in [1.807, 2.05) is 6.92 Å². The first-order valence-corrected chi connectivity index (χ1v) is 5.55. The second-order valence-corrected chi connectivity index (χ2v) is 4.07. The fourth-order valence-corrected chi connectivity index (χ4v) is 1.47. The Hall–Kier alpha value is -0.190. The van der Waals surface area contributed by atoms with Crippen LogP contribution in [0.3, 0.4) is 0 Å². The molecule has 0 aliphatic rings. The van der Waals surface area contributed by atoms with Gasteiger partial charge in [0.15, 0.2) is 0 Å². The van der Waals surface area contributed by atoms with E-state index >= 15 is 0 Å². The van der Waals surface area contributed by atoms with Crippen molar-refractivity contribution < 1.29 is 4.74 Å². The van der Waals surface area contributed by atoms with E-state index in [0.29, 0.717) is 11.0 Å². The molecule has 0 saturated heterocycles. The Morgan fingerprint density at radius 3 is 2.71 bits per heavy atom. The molecule has 0 amide bonds. The van der Waals surface area contributed by atoms with Gasteiger partial charge < -0.3 is 15.4 Å². The average Bonchev–Trinajstić information content (AvgIpc) is 2.11. The maximum absolute atomic E-state index is 5.49. The fourth-order valence-electron chi connectivity index (χ4n) is 1.23. The van der Waals surface area contributed by atoms with Crippen molar-refractivity contribution in [2.24, 2.45) is 5.73 Å². The highest BCUT2D eigenvalue weighted by atomic mass is 32.1. The van der Waals surface area contributed by atoms with Crippen LogP contribution in [-0.2, 0) is 4.74 Å². The van der Waals surface area contributed by atoms with E-state index in [1.54, 1.807) is 0 Å². The summed E-state index contributed by atoms with van der Waals surface area (Å²) in [5.74, 6) is 0. The van der Waals surface area contributed by atoms with Crippen LogP contribution in [0.25, 0.3) is 0 Å². The van der Waals surface area contributed by atoms with Gasteiger partial charge in [0.2, 0.25) is 0 Å². The van der Waals surface area contributed by atoms with Gasteiger partial charge in [0.1, 0.15) is 0 Å². The Morgan fingerprint density at radius 2 is 2.21 bits per heavy atom. The molecule has 0 saturated carbocycles. The van der Waals surface area contributed by atoms with Gasteiger partial charge in [0, 0.05) is 32.2 Å². The van der Waals surface area contributed by atoms with Gasteiger partial charge in [0.25, 0.3) is 0 Å². The smallest absolute Gasteiger partial charge is 0.0742 e. The molecule has 4 heteroatoms. The molecule has 3 nitrogen and oxygen atoms in total. The van der Waals surface area contributed by atoms with Crippen molar-refractivity contribution in [2.75, 3.05) is 26.8 Å². The normalized spacial score (nSPS) is 13.1. The number of nitrogens with two attached hydrogens (primary N) is 1. The molecule has 84 valence electrons. The number of hydrogen-bond acceptors (Lipinski definition) is 3. The van der Waals surface area contributed by atoms with E-state index < -0.39 is 0 Å². The summed E-state index contributed by atoms with van der Waals surface area (Å²) in [5.41, 5.74) is 5.49. The number of rotatable bonds is 8. The van der Waals surface area contributed by atoms with Crippen molar-refractivity contribution >= 4 is 17.2 Å². The molecule has 0 rings (SSSR count). The van der Waals surface area contributed by atoms with Crippen molar-refractivity contribution in [3.05, 3.63) is 0 Å². The van der Waals surface area contributed by atoms with Crippen LogP contribution in [-0.4, -0.2) is 42.7 Å². The van der Waals surface area contributed by atoms with E-state index in [9.17, 15) is 0 Å². The quantitative estimate of drug-likeness (QED) is 0.494. The molecule has 0 fully saturated rings. The molecule has 0 aliphatic carbocycles. The predicted molar refractivity (Wildman–Crippen MR) is 64.6 cm³/mol. The third-order valence-corrected chi connectivity index (χ3v) is 2.42. The molecule has 1 atom stereocenters. The highest BCUT2D eigenvalue weighted by Gasteiger charge is 2.09. The minimum absolute atomic E-state index is 0.425. The predicted octanol–water partition coefficient (Wildman–Crippen LogP) is 1.41. The molecule has 0 heterocycles. The molecule has 2 N–H and O–H groups in total. The minimum Gasteiger partial charge on any atom is -0.393 e. The number of nitrogens with zero attached hydrogens (tertiary/aromatic N) is 1. The number of hydrogen-bond donors (Lipinski definition) is 1. The van der Waals surface area contributed by atoms with E-state index in [2.05, 4.69) is 18.9 Å². The van der Waals surface area contributed by atoms with Gasteiger partial charge >= 0.3 is 0 Å². The maximum atomic E-state index is 5.49. The summed E-state index contributed by atoms with van der Waals surface area (Å²) >= 11 is 4.87. The maximum Gasteiger partial charge on any atom is 0.0742 e.